The van der Waals surface area contributed by atoms with Gasteiger partial charge in [-0.15, -0.1) is 4.40 Å². The second-order valence-corrected chi connectivity index (χ2v) is 11.4. The summed E-state index contributed by atoms with van der Waals surface area (Å²) in [6.45, 7) is 10.2. The summed E-state index contributed by atoms with van der Waals surface area (Å²) in [4.78, 5) is 33.0. The van der Waals surface area contributed by atoms with Crippen molar-refractivity contribution in [2.45, 2.75) is 64.9 Å². The number of amides is 2. The number of aromatic nitrogens is 1. The van der Waals surface area contributed by atoms with Gasteiger partial charge in [-0.05, 0) is 53.7 Å². The number of carbonyl (C=O) groups excluding carboxylic acids is 2. The van der Waals surface area contributed by atoms with Crippen LogP contribution in [0.25, 0.3) is 0 Å². The van der Waals surface area contributed by atoms with E-state index >= 15 is 0 Å². The number of ether oxygens (including phenoxy) is 2. The molecule has 0 aliphatic rings. The second kappa shape index (κ2) is 12.7. The first kappa shape index (κ1) is 30.1. The Morgan fingerprint density at radius 1 is 1.06 bits per heavy atom. The van der Waals surface area contributed by atoms with Gasteiger partial charge in [0.2, 0.25) is 5.96 Å². The molecule has 1 heterocycles. The molecule has 0 saturated heterocycles. The van der Waals surface area contributed by atoms with E-state index in [1.54, 1.807) is 59.7 Å². The SMILES string of the molecule is CC(C)(C)OC(=O)NC(=Nc1cccc(CSCC/C(N)=N/S(N)(=O)=O)n1)NC(=O)OC(C)(C)C. The van der Waals surface area contributed by atoms with Gasteiger partial charge >= 0.3 is 22.4 Å². The van der Waals surface area contributed by atoms with Crippen molar-refractivity contribution in [2.75, 3.05) is 5.75 Å². The lowest BCUT2D eigenvalue weighted by Crippen LogP contribution is -2.47. The van der Waals surface area contributed by atoms with Crippen molar-refractivity contribution in [1.82, 2.24) is 15.6 Å². The van der Waals surface area contributed by atoms with Gasteiger partial charge in [0.1, 0.15) is 17.0 Å². The van der Waals surface area contributed by atoms with E-state index in [-0.39, 0.29) is 24.0 Å². The highest BCUT2D eigenvalue weighted by molar-refractivity contribution is 7.98. The maximum absolute atomic E-state index is 12.2. The molecule has 1 aromatic heterocycles. The molecule has 6 N–H and O–H groups in total. The van der Waals surface area contributed by atoms with Gasteiger partial charge in [-0.1, -0.05) is 6.07 Å². The van der Waals surface area contributed by atoms with E-state index in [9.17, 15) is 18.0 Å². The number of carbonyl (C=O) groups is 2. The van der Waals surface area contributed by atoms with Crippen LogP contribution in [0, 0.1) is 0 Å². The fourth-order valence-electron chi connectivity index (χ4n) is 2.17. The molecule has 1 aromatic rings. The molecule has 0 unspecified atom stereocenters. The fourth-order valence-corrected chi connectivity index (χ4v) is 3.46. The van der Waals surface area contributed by atoms with Crippen molar-refractivity contribution in [3.8, 4) is 0 Å². The molecule has 0 bridgehead atoms. The Labute approximate surface area is 209 Å². The Balaban J connectivity index is 2.93. The third kappa shape index (κ3) is 15.6. The number of amidine groups is 1. The zero-order chi connectivity index (χ0) is 26.9. The highest BCUT2D eigenvalue weighted by atomic mass is 32.2. The summed E-state index contributed by atoms with van der Waals surface area (Å²) in [5.41, 5.74) is 4.64. The monoisotopic (exact) mass is 531 g/mol. The minimum Gasteiger partial charge on any atom is -0.444 e. The maximum Gasteiger partial charge on any atom is 0.414 e. The van der Waals surface area contributed by atoms with Crippen LogP contribution < -0.4 is 21.5 Å². The molecule has 0 spiro atoms. The van der Waals surface area contributed by atoms with Gasteiger partial charge < -0.3 is 15.2 Å². The summed E-state index contributed by atoms with van der Waals surface area (Å²) < 4.78 is 35.4. The Kier molecular flexibility index (Phi) is 10.9. The number of thioether (sulfide) groups is 1. The van der Waals surface area contributed by atoms with Crippen LogP contribution in [0.2, 0.25) is 0 Å². The quantitative estimate of drug-likeness (QED) is 0.231. The van der Waals surface area contributed by atoms with E-state index in [1.165, 1.54) is 11.8 Å². The lowest BCUT2D eigenvalue weighted by Gasteiger charge is -2.22. The third-order valence-electron chi connectivity index (χ3n) is 3.25. The van der Waals surface area contributed by atoms with Crippen LogP contribution in [0.3, 0.4) is 0 Å². The molecular formula is C20H33N7O6S2. The largest absolute Gasteiger partial charge is 0.444 e. The van der Waals surface area contributed by atoms with Gasteiger partial charge in [-0.3, -0.25) is 10.6 Å². The Bertz CT molecular complexity index is 1030. The van der Waals surface area contributed by atoms with Crippen LogP contribution in [-0.4, -0.2) is 54.3 Å². The minimum atomic E-state index is -4.02. The van der Waals surface area contributed by atoms with Crippen molar-refractivity contribution < 1.29 is 27.5 Å². The van der Waals surface area contributed by atoms with Crippen molar-refractivity contribution in [2.24, 2.45) is 20.3 Å². The van der Waals surface area contributed by atoms with E-state index in [2.05, 4.69) is 25.0 Å². The van der Waals surface area contributed by atoms with Gasteiger partial charge in [0.25, 0.3) is 0 Å². The number of nitrogens with one attached hydrogen (secondary N) is 2. The zero-order valence-corrected chi connectivity index (χ0v) is 22.2. The van der Waals surface area contributed by atoms with Crippen molar-refractivity contribution in [1.29, 1.82) is 0 Å². The van der Waals surface area contributed by atoms with Gasteiger partial charge in [-0.2, -0.15) is 25.2 Å². The van der Waals surface area contributed by atoms with Crippen LogP contribution in [0.5, 0.6) is 0 Å². The third-order valence-corrected chi connectivity index (χ3v) is 4.74. The van der Waals surface area contributed by atoms with E-state index in [0.29, 0.717) is 17.2 Å². The molecule has 0 radical (unpaired) electrons. The molecule has 0 atom stereocenters. The smallest absolute Gasteiger partial charge is 0.414 e. The van der Waals surface area contributed by atoms with Crippen LogP contribution >= 0.6 is 11.8 Å². The first-order valence-corrected chi connectivity index (χ1v) is 13.1. The maximum atomic E-state index is 12.2. The average Bonchev–Trinajstić information content (AvgIpc) is 2.60. The minimum absolute atomic E-state index is 0.0858. The van der Waals surface area contributed by atoms with E-state index in [0.717, 1.165) is 0 Å². The highest BCUT2D eigenvalue weighted by Crippen LogP contribution is 2.16. The summed E-state index contributed by atoms with van der Waals surface area (Å²) in [7, 11) is -4.02. The Morgan fingerprint density at radius 2 is 1.60 bits per heavy atom. The van der Waals surface area contributed by atoms with Gasteiger partial charge in [0.15, 0.2) is 5.82 Å². The lowest BCUT2D eigenvalue weighted by molar-refractivity contribution is 0.0545. The molecule has 13 nitrogen and oxygen atoms in total. The standard InChI is InChI=1S/C20H33N7O6S2/c1-19(2,3)32-17(28)25-16(26-18(29)33-20(4,5)6)24-15-9-7-8-13(23-15)12-34-11-10-14(21)27-35(22,30)31/h7-9H,10-12H2,1-6H3,(H2,21,27)(H2,22,30,31)(H2,23,24,25,26,28,29). The van der Waals surface area contributed by atoms with Crippen LogP contribution in [-0.2, 0) is 25.4 Å². The summed E-state index contributed by atoms with van der Waals surface area (Å²) in [6, 6.07) is 5.05. The number of aliphatic imine (C=N–C) groups is 1. The first-order valence-electron chi connectivity index (χ1n) is 10.4. The van der Waals surface area contributed by atoms with Gasteiger partial charge in [0.05, 0.1) is 5.69 Å². The average molecular weight is 532 g/mol. The van der Waals surface area contributed by atoms with Crippen molar-refractivity contribution >= 4 is 51.8 Å². The molecule has 0 aliphatic heterocycles. The predicted molar refractivity (Wildman–Crippen MR) is 136 cm³/mol. The number of nitrogens with zero attached hydrogens (tertiary/aromatic N) is 3. The summed E-state index contributed by atoms with van der Waals surface area (Å²) in [5.74, 6) is 0.835. The number of alkyl carbamates (subject to hydrolysis) is 2. The molecule has 1 rings (SSSR count). The van der Waals surface area contributed by atoms with Crippen LogP contribution in [0.4, 0.5) is 15.4 Å². The van der Waals surface area contributed by atoms with E-state index in [4.69, 9.17) is 20.3 Å². The molecule has 35 heavy (non-hydrogen) atoms. The highest BCUT2D eigenvalue weighted by Gasteiger charge is 2.21. The number of rotatable bonds is 7. The van der Waals surface area contributed by atoms with Crippen LogP contribution in [0.1, 0.15) is 53.7 Å². The number of nitrogens with two attached hydrogens (primary N) is 2. The molecule has 2 amide bonds. The topological polar surface area (TPSA) is 200 Å². The normalized spacial score (nSPS) is 12.5. The van der Waals surface area contributed by atoms with Gasteiger partial charge in [-0.25, -0.2) is 19.7 Å². The molecule has 0 aliphatic carbocycles. The van der Waals surface area contributed by atoms with Crippen molar-refractivity contribution in [3.05, 3.63) is 23.9 Å². The molecule has 0 aromatic carbocycles. The molecular weight excluding hydrogens is 498 g/mol. The molecule has 15 heteroatoms. The lowest BCUT2D eigenvalue weighted by atomic mass is 10.2. The number of hydrogen-bond donors (Lipinski definition) is 4. The fraction of sp³-hybridized carbons (Fsp3) is 0.550. The first-order chi connectivity index (χ1) is 15.9. The second-order valence-electron chi connectivity index (χ2n) is 9.10. The molecule has 196 valence electrons. The number of pyridine rings is 1. The van der Waals surface area contributed by atoms with Crippen LogP contribution in [0.15, 0.2) is 27.6 Å². The summed E-state index contributed by atoms with van der Waals surface area (Å²) in [5, 5.41) is 9.59. The van der Waals surface area contributed by atoms with Crippen molar-refractivity contribution in [3.63, 3.8) is 0 Å². The predicted octanol–water partition coefficient (Wildman–Crippen LogP) is 2.30. The van der Waals surface area contributed by atoms with E-state index in [1.807, 2.05) is 0 Å². The summed E-state index contributed by atoms with van der Waals surface area (Å²) in [6.07, 6.45) is -1.42. The molecule has 0 fully saturated rings. The molecule has 0 saturated carbocycles. The van der Waals surface area contributed by atoms with E-state index < -0.39 is 33.6 Å². The number of hydrogen-bond acceptors (Lipinski definition) is 9. The summed E-state index contributed by atoms with van der Waals surface area (Å²) >= 11 is 1.44. The number of guanidine groups is 1. The Hall–Kier alpha value is -2.91. The van der Waals surface area contributed by atoms with Gasteiger partial charge in [0, 0.05) is 17.9 Å². The Morgan fingerprint density at radius 3 is 2.09 bits per heavy atom. The zero-order valence-electron chi connectivity index (χ0n) is 20.6.